The number of hydrogen-bond donors (Lipinski definition) is 0. The van der Waals surface area contributed by atoms with Crippen LogP contribution in [0.25, 0.3) is 0 Å². The first kappa shape index (κ1) is 12.8. The molecule has 2 unspecified atom stereocenters. The van der Waals surface area contributed by atoms with Gasteiger partial charge in [-0.2, -0.15) is 0 Å². The fourth-order valence-corrected chi connectivity index (χ4v) is 7.12. The molecule has 2 heterocycles. The van der Waals surface area contributed by atoms with E-state index < -0.39 is 0 Å². The zero-order valence-electron chi connectivity index (χ0n) is 13.2. The first-order valence-corrected chi connectivity index (χ1v) is 9.09. The molecule has 4 bridgehead atoms. The average molecular weight is 258 g/mol. The predicted octanol–water partition coefficient (Wildman–Crippen LogP) is 5.66. The summed E-state index contributed by atoms with van der Waals surface area (Å²) in [5, 5.41) is 0. The number of rotatable bonds is 1. The summed E-state index contributed by atoms with van der Waals surface area (Å²) in [4.78, 5) is 0. The van der Waals surface area contributed by atoms with E-state index in [4.69, 9.17) is 0 Å². The maximum atomic E-state index is 2.62. The third-order valence-corrected chi connectivity index (χ3v) is 8.30. The SMILES string of the molecule is CC1[C@@H](B2C3CCCC2CCC3)CC2C[C@@H]1C2(C)C. The molecule has 0 aromatic carbocycles. The van der Waals surface area contributed by atoms with Crippen LogP contribution in [0.4, 0.5) is 0 Å². The summed E-state index contributed by atoms with van der Waals surface area (Å²) < 4.78 is 0. The van der Waals surface area contributed by atoms with Gasteiger partial charge in [0.1, 0.15) is 6.71 Å². The van der Waals surface area contributed by atoms with Gasteiger partial charge < -0.3 is 0 Å². The molecule has 19 heavy (non-hydrogen) atoms. The highest BCUT2D eigenvalue weighted by atomic mass is 14.6. The van der Waals surface area contributed by atoms with Crippen LogP contribution in [0, 0.1) is 23.2 Å². The second-order valence-electron chi connectivity index (χ2n) is 9.08. The Balaban J connectivity index is 1.57. The standard InChI is InChI=1S/C18H31B/c1-12-16-10-13(18(16,2)3)11-17(12)19-14-6-4-7-15(19)9-5-8-14/h12-17H,4-11H2,1-3H3/t12?,13?,14?,15?,16-,17-/m0/s1. The van der Waals surface area contributed by atoms with E-state index in [9.17, 15) is 0 Å². The van der Waals surface area contributed by atoms with Crippen molar-refractivity contribution in [2.24, 2.45) is 23.2 Å². The van der Waals surface area contributed by atoms with Gasteiger partial charge in [0, 0.05) is 0 Å². The van der Waals surface area contributed by atoms with E-state index in [1.54, 1.807) is 51.4 Å². The third-order valence-electron chi connectivity index (χ3n) is 8.30. The Morgan fingerprint density at radius 3 is 1.95 bits per heavy atom. The van der Waals surface area contributed by atoms with E-state index in [2.05, 4.69) is 20.8 Å². The van der Waals surface area contributed by atoms with Crippen LogP contribution in [-0.4, -0.2) is 6.71 Å². The molecule has 2 saturated heterocycles. The average Bonchev–Trinajstić information content (AvgIpc) is 2.37. The summed E-state index contributed by atoms with van der Waals surface area (Å²) >= 11 is 0. The molecule has 3 aliphatic carbocycles. The van der Waals surface area contributed by atoms with Gasteiger partial charge >= 0.3 is 0 Å². The first-order chi connectivity index (χ1) is 9.09. The molecule has 0 radical (unpaired) electrons. The van der Waals surface area contributed by atoms with Gasteiger partial charge in [0.05, 0.1) is 0 Å². The summed E-state index contributed by atoms with van der Waals surface area (Å²) in [6.07, 6.45) is 12.5. The molecule has 1 heteroatoms. The summed E-state index contributed by atoms with van der Waals surface area (Å²) in [5.74, 6) is 6.50. The van der Waals surface area contributed by atoms with E-state index in [-0.39, 0.29) is 0 Å². The summed E-state index contributed by atoms with van der Waals surface area (Å²) in [7, 11) is 0. The fraction of sp³-hybridized carbons (Fsp3) is 1.00. The van der Waals surface area contributed by atoms with Crippen LogP contribution in [0.1, 0.15) is 72.1 Å². The van der Waals surface area contributed by atoms with Gasteiger partial charge in [-0.3, -0.25) is 0 Å². The predicted molar refractivity (Wildman–Crippen MR) is 83.9 cm³/mol. The van der Waals surface area contributed by atoms with Crippen molar-refractivity contribution in [3.63, 3.8) is 0 Å². The zero-order chi connectivity index (χ0) is 13.2. The van der Waals surface area contributed by atoms with Gasteiger partial charge in [-0.25, -0.2) is 0 Å². The van der Waals surface area contributed by atoms with Crippen molar-refractivity contribution in [1.29, 1.82) is 0 Å². The molecular formula is C18H31B. The van der Waals surface area contributed by atoms with Crippen molar-refractivity contribution >= 4 is 6.71 Å². The lowest BCUT2D eigenvalue weighted by Gasteiger charge is -2.64. The van der Waals surface area contributed by atoms with Gasteiger partial charge in [-0.1, -0.05) is 83.2 Å². The normalized spacial score (nSPS) is 51.6. The molecule has 2 aliphatic heterocycles. The maximum Gasteiger partial charge on any atom is 0.149 e. The van der Waals surface area contributed by atoms with E-state index in [0.29, 0.717) is 5.41 Å². The maximum absolute atomic E-state index is 2.62. The van der Waals surface area contributed by atoms with Crippen molar-refractivity contribution in [3.05, 3.63) is 0 Å². The highest BCUT2D eigenvalue weighted by Crippen LogP contribution is 2.67. The van der Waals surface area contributed by atoms with E-state index in [0.717, 1.165) is 41.9 Å². The molecule has 0 amide bonds. The minimum Gasteiger partial charge on any atom is -0.0626 e. The van der Waals surface area contributed by atoms with Gasteiger partial charge in [0.15, 0.2) is 0 Å². The molecule has 3 saturated carbocycles. The Labute approximate surface area is 120 Å². The lowest BCUT2D eigenvalue weighted by atomic mass is 9.18. The van der Waals surface area contributed by atoms with Crippen LogP contribution in [-0.2, 0) is 0 Å². The highest BCUT2D eigenvalue weighted by molar-refractivity contribution is 6.64. The molecule has 5 aliphatic rings. The lowest BCUT2D eigenvalue weighted by molar-refractivity contribution is -0.0998. The summed E-state index contributed by atoms with van der Waals surface area (Å²) in [6.45, 7) is 8.87. The Morgan fingerprint density at radius 2 is 1.47 bits per heavy atom. The smallest absolute Gasteiger partial charge is 0.0626 e. The quantitative estimate of drug-likeness (QED) is 0.532. The fourth-order valence-electron chi connectivity index (χ4n) is 7.12. The van der Waals surface area contributed by atoms with Crippen molar-refractivity contribution in [3.8, 4) is 0 Å². The van der Waals surface area contributed by atoms with E-state index >= 15 is 0 Å². The second-order valence-corrected chi connectivity index (χ2v) is 9.08. The van der Waals surface area contributed by atoms with Gasteiger partial charge in [-0.05, 0) is 29.6 Å². The zero-order valence-corrected chi connectivity index (χ0v) is 13.2. The number of hydrogen-bond acceptors (Lipinski definition) is 0. The Kier molecular flexibility index (Phi) is 2.88. The molecule has 0 N–H and O–H groups in total. The molecule has 0 aromatic heterocycles. The molecule has 5 fully saturated rings. The molecular weight excluding hydrogens is 227 g/mol. The minimum atomic E-state index is 0.680. The summed E-state index contributed by atoms with van der Waals surface area (Å²) in [5.41, 5.74) is 0.680. The molecule has 0 aromatic rings. The van der Waals surface area contributed by atoms with Crippen LogP contribution in [0.3, 0.4) is 0 Å². The van der Waals surface area contributed by atoms with Gasteiger partial charge in [0.25, 0.3) is 0 Å². The largest absolute Gasteiger partial charge is 0.149 e. The molecule has 0 spiro atoms. The van der Waals surface area contributed by atoms with Gasteiger partial charge in [0.2, 0.25) is 0 Å². The van der Waals surface area contributed by atoms with Crippen LogP contribution in [0.5, 0.6) is 0 Å². The minimum absolute atomic E-state index is 0.680. The Hall–Kier alpha value is 0.0649. The van der Waals surface area contributed by atoms with Crippen LogP contribution in [0.15, 0.2) is 0 Å². The third kappa shape index (κ3) is 1.72. The van der Waals surface area contributed by atoms with Crippen LogP contribution >= 0.6 is 0 Å². The van der Waals surface area contributed by atoms with Crippen molar-refractivity contribution < 1.29 is 0 Å². The van der Waals surface area contributed by atoms with Crippen molar-refractivity contribution in [2.75, 3.05) is 0 Å². The van der Waals surface area contributed by atoms with Crippen molar-refractivity contribution in [2.45, 2.75) is 89.6 Å². The second kappa shape index (κ2) is 4.28. The lowest BCUT2D eigenvalue weighted by Crippen LogP contribution is -2.57. The van der Waals surface area contributed by atoms with Crippen molar-refractivity contribution in [1.82, 2.24) is 0 Å². The summed E-state index contributed by atoms with van der Waals surface area (Å²) in [6, 6.07) is 0. The van der Waals surface area contributed by atoms with Gasteiger partial charge in [-0.15, -0.1) is 0 Å². The molecule has 106 valence electrons. The topological polar surface area (TPSA) is 0 Å². The van der Waals surface area contributed by atoms with Crippen LogP contribution < -0.4 is 0 Å². The highest BCUT2D eigenvalue weighted by Gasteiger charge is 2.59. The Bertz CT molecular complexity index is 339. The Morgan fingerprint density at radius 1 is 0.895 bits per heavy atom. The van der Waals surface area contributed by atoms with Crippen LogP contribution in [0.2, 0.25) is 17.5 Å². The monoisotopic (exact) mass is 258 g/mol. The number of fused-ring (bicyclic) bond motifs is 5. The molecule has 5 rings (SSSR count). The van der Waals surface area contributed by atoms with E-state index in [1.165, 1.54) is 0 Å². The first-order valence-electron chi connectivity index (χ1n) is 9.09. The van der Waals surface area contributed by atoms with E-state index in [1.807, 2.05) is 0 Å². The molecule has 0 nitrogen and oxygen atoms in total. The molecule has 4 atom stereocenters.